The highest BCUT2D eigenvalue weighted by molar-refractivity contribution is 5.83. The number of carbonyl (C=O) groups is 1. The van der Waals surface area contributed by atoms with E-state index in [1.165, 1.54) is 6.39 Å². The summed E-state index contributed by atoms with van der Waals surface area (Å²) in [4.78, 5) is 26.1. The Morgan fingerprint density at radius 2 is 2.03 bits per heavy atom. The van der Waals surface area contributed by atoms with Crippen molar-refractivity contribution in [2.24, 2.45) is 5.92 Å². The van der Waals surface area contributed by atoms with Gasteiger partial charge in [-0.05, 0) is 56.4 Å². The molecular formula is C25H25N5O2. The molecule has 2 saturated carbocycles. The second kappa shape index (κ2) is 7.33. The van der Waals surface area contributed by atoms with Crippen molar-refractivity contribution in [3.63, 3.8) is 0 Å². The Morgan fingerprint density at radius 3 is 2.75 bits per heavy atom. The highest BCUT2D eigenvalue weighted by Crippen LogP contribution is 2.45. The van der Waals surface area contributed by atoms with Crippen LogP contribution in [0, 0.1) is 17.2 Å². The maximum Gasteiger partial charge on any atom is 0.226 e. The minimum absolute atomic E-state index is 0.114. The number of rotatable bonds is 4. The van der Waals surface area contributed by atoms with E-state index in [0.717, 1.165) is 59.4 Å². The van der Waals surface area contributed by atoms with E-state index in [1.807, 2.05) is 29.2 Å². The molecule has 162 valence electrons. The fourth-order valence-corrected chi connectivity index (χ4v) is 4.80. The molecule has 0 N–H and O–H groups in total. The van der Waals surface area contributed by atoms with Crippen molar-refractivity contribution in [3.8, 4) is 17.2 Å². The van der Waals surface area contributed by atoms with Gasteiger partial charge in [0.2, 0.25) is 5.91 Å². The number of hydrogen-bond acceptors (Lipinski definition) is 6. The van der Waals surface area contributed by atoms with Crippen molar-refractivity contribution in [1.82, 2.24) is 14.9 Å². The second-order valence-electron chi connectivity index (χ2n) is 9.31. The number of fused-ring (bicyclic) bond motifs is 1. The van der Waals surface area contributed by atoms with Gasteiger partial charge < -0.3 is 14.2 Å². The number of hydrogen-bond donors (Lipinski definition) is 0. The fourth-order valence-electron chi connectivity index (χ4n) is 4.80. The number of anilines is 1. The van der Waals surface area contributed by atoms with Crippen molar-refractivity contribution in [2.45, 2.75) is 44.6 Å². The number of pyridine rings is 1. The molecule has 7 heteroatoms. The highest BCUT2D eigenvalue weighted by Gasteiger charge is 2.38. The van der Waals surface area contributed by atoms with E-state index in [1.54, 1.807) is 0 Å². The van der Waals surface area contributed by atoms with Crippen LogP contribution < -0.4 is 4.90 Å². The molecule has 0 spiro atoms. The van der Waals surface area contributed by atoms with E-state index in [4.69, 9.17) is 9.40 Å². The Kier molecular flexibility index (Phi) is 4.42. The van der Waals surface area contributed by atoms with Gasteiger partial charge in [0.05, 0.1) is 11.3 Å². The van der Waals surface area contributed by atoms with Crippen LogP contribution in [0.1, 0.15) is 49.8 Å². The number of oxazole rings is 1. The van der Waals surface area contributed by atoms with Gasteiger partial charge in [-0.25, -0.2) is 9.97 Å². The summed E-state index contributed by atoms with van der Waals surface area (Å²) >= 11 is 0. The minimum atomic E-state index is 0.114. The quantitative estimate of drug-likeness (QED) is 0.623. The monoisotopic (exact) mass is 427 g/mol. The third kappa shape index (κ3) is 3.31. The SMILES string of the molecule is C[C@@H]1CN(c2nc(C3CC3)c(-c3ccc4ncoc4c3)cc2C#N)CCN1C(=O)C1CC1. The molecule has 3 aromatic rings. The zero-order valence-corrected chi connectivity index (χ0v) is 18.1. The fraction of sp³-hybridized carbons (Fsp3) is 0.440. The second-order valence-corrected chi connectivity index (χ2v) is 9.31. The molecule has 0 radical (unpaired) electrons. The van der Waals surface area contributed by atoms with E-state index in [2.05, 4.69) is 22.9 Å². The van der Waals surface area contributed by atoms with Crippen LogP contribution in [-0.4, -0.2) is 46.5 Å². The number of amides is 1. The topological polar surface area (TPSA) is 86.3 Å². The van der Waals surface area contributed by atoms with Gasteiger partial charge in [-0.3, -0.25) is 4.79 Å². The average Bonchev–Trinajstić information content (AvgIpc) is 3.74. The third-order valence-electron chi connectivity index (χ3n) is 6.90. The van der Waals surface area contributed by atoms with Crippen LogP contribution in [0.3, 0.4) is 0 Å². The standard InChI is InChI=1S/C25H25N5O2/c1-15-13-29(8-9-30(15)25(31)17-4-5-17)24-19(12-26)10-20(23(28-24)16-2-3-16)18-6-7-21-22(11-18)32-14-27-21/h6-7,10-11,14-17H,2-5,8-9,13H2,1H3/t15-/m1/s1. The molecule has 1 aromatic carbocycles. The lowest BCUT2D eigenvalue weighted by Crippen LogP contribution is -2.54. The molecule has 1 saturated heterocycles. The molecule has 1 amide bonds. The Labute approximate surface area is 186 Å². The van der Waals surface area contributed by atoms with Gasteiger partial charge in [-0.15, -0.1) is 0 Å². The van der Waals surface area contributed by atoms with Crippen molar-refractivity contribution in [3.05, 3.63) is 41.9 Å². The van der Waals surface area contributed by atoms with Gasteiger partial charge in [-0.2, -0.15) is 5.26 Å². The van der Waals surface area contributed by atoms with Crippen LogP contribution in [0.15, 0.2) is 35.1 Å². The Bertz CT molecular complexity index is 1250. The van der Waals surface area contributed by atoms with Gasteiger partial charge in [0.1, 0.15) is 17.4 Å². The molecule has 32 heavy (non-hydrogen) atoms. The molecule has 3 fully saturated rings. The van der Waals surface area contributed by atoms with E-state index >= 15 is 0 Å². The van der Waals surface area contributed by atoms with E-state index in [9.17, 15) is 10.1 Å². The first-order valence-corrected chi connectivity index (χ1v) is 11.5. The van der Waals surface area contributed by atoms with Crippen molar-refractivity contribution in [2.75, 3.05) is 24.5 Å². The van der Waals surface area contributed by atoms with E-state index in [0.29, 0.717) is 37.0 Å². The summed E-state index contributed by atoms with van der Waals surface area (Å²) in [6, 6.07) is 10.4. The van der Waals surface area contributed by atoms with Crippen LogP contribution in [0.5, 0.6) is 0 Å². The van der Waals surface area contributed by atoms with Gasteiger partial charge in [-0.1, -0.05) is 6.07 Å². The zero-order chi connectivity index (χ0) is 21.8. The summed E-state index contributed by atoms with van der Waals surface area (Å²) in [5, 5.41) is 9.98. The van der Waals surface area contributed by atoms with Gasteiger partial charge in [0, 0.05) is 43.1 Å². The van der Waals surface area contributed by atoms with E-state index in [-0.39, 0.29) is 12.0 Å². The lowest BCUT2D eigenvalue weighted by molar-refractivity contribution is -0.134. The van der Waals surface area contributed by atoms with Crippen molar-refractivity contribution >= 4 is 22.8 Å². The highest BCUT2D eigenvalue weighted by atomic mass is 16.3. The maximum atomic E-state index is 12.6. The number of benzene rings is 1. The Morgan fingerprint density at radius 1 is 1.19 bits per heavy atom. The molecule has 2 aromatic heterocycles. The number of nitrogens with zero attached hydrogens (tertiary/aromatic N) is 5. The molecule has 0 bridgehead atoms. The molecule has 3 heterocycles. The van der Waals surface area contributed by atoms with Crippen LogP contribution in [0.2, 0.25) is 0 Å². The third-order valence-corrected chi connectivity index (χ3v) is 6.90. The Hall–Kier alpha value is -3.40. The number of carbonyl (C=O) groups excluding carboxylic acids is 1. The lowest BCUT2D eigenvalue weighted by atomic mass is 9.98. The largest absolute Gasteiger partial charge is 0.443 e. The summed E-state index contributed by atoms with van der Waals surface area (Å²) in [7, 11) is 0. The van der Waals surface area contributed by atoms with Crippen molar-refractivity contribution in [1.29, 1.82) is 5.26 Å². The van der Waals surface area contributed by atoms with Crippen LogP contribution >= 0.6 is 0 Å². The minimum Gasteiger partial charge on any atom is -0.443 e. The van der Waals surface area contributed by atoms with Gasteiger partial charge >= 0.3 is 0 Å². The molecule has 1 atom stereocenters. The van der Waals surface area contributed by atoms with E-state index < -0.39 is 0 Å². The number of aromatic nitrogens is 2. The van der Waals surface area contributed by atoms with Gasteiger partial charge in [0.15, 0.2) is 12.0 Å². The number of piperazine rings is 1. The predicted molar refractivity (Wildman–Crippen MR) is 120 cm³/mol. The number of nitriles is 1. The van der Waals surface area contributed by atoms with Gasteiger partial charge in [0.25, 0.3) is 0 Å². The summed E-state index contributed by atoms with van der Waals surface area (Å²) < 4.78 is 5.50. The summed E-state index contributed by atoms with van der Waals surface area (Å²) in [5.41, 5.74) is 5.19. The first-order valence-electron chi connectivity index (χ1n) is 11.5. The maximum absolute atomic E-state index is 12.6. The van der Waals surface area contributed by atoms with Crippen LogP contribution in [0.25, 0.3) is 22.2 Å². The molecule has 3 aliphatic rings. The molecular weight excluding hydrogens is 402 g/mol. The molecule has 2 aliphatic carbocycles. The first-order chi connectivity index (χ1) is 15.6. The molecule has 7 nitrogen and oxygen atoms in total. The average molecular weight is 428 g/mol. The molecule has 0 unspecified atom stereocenters. The normalized spacial score (nSPS) is 21.1. The van der Waals surface area contributed by atoms with Crippen LogP contribution in [0.4, 0.5) is 5.82 Å². The summed E-state index contributed by atoms with van der Waals surface area (Å²) in [5.74, 6) is 1.71. The first kappa shape index (κ1) is 19.3. The lowest BCUT2D eigenvalue weighted by Gasteiger charge is -2.41. The summed E-state index contributed by atoms with van der Waals surface area (Å²) in [6.07, 6.45) is 5.74. The molecule has 6 rings (SSSR count). The predicted octanol–water partition coefficient (Wildman–Crippen LogP) is 4.09. The summed E-state index contributed by atoms with van der Waals surface area (Å²) in [6.45, 7) is 4.19. The zero-order valence-electron chi connectivity index (χ0n) is 18.1. The van der Waals surface area contributed by atoms with Crippen LogP contribution in [-0.2, 0) is 4.79 Å². The van der Waals surface area contributed by atoms with Crippen molar-refractivity contribution < 1.29 is 9.21 Å². The molecule has 1 aliphatic heterocycles. The Balaban J connectivity index is 1.35. The smallest absolute Gasteiger partial charge is 0.226 e.